The first-order valence-corrected chi connectivity index (χ1v) is 5.59. The largest absolute Gasteiger partial charge is 0.493 e. The van der Waals surface area contributed by atoms with E-state index in [1.165, 1.54) is 5.56 Å². The van der Waals surface area contributed by atoms with Gasteiger partial charge in [0.25, 0.3) is 0 Å². The smallest absolute Gasteiger partial charge is 0.161 e. The van der Waals surface area contributed by atoms with E-state index in [0.29, 0.717) is 11.5 Å². The minimum Gasteiger partial charge on any atom is -0.493 e. The number of benzene rings is 1. The summed E-state index contributed by atoms with van der Waals surface area (Å²) >= 11 is 0. The summed E-state index contributed by atoms with van der Waals surface area (Å²) < 4.78 is 10.7. The summed E-state index contributed by atoms with van der Waals surface area (Å²) in [5, 5.41) is 2.75. The molecule has 4 heteroatoms. The lowest BCUT2D eigenvalue weighted by molar-refractivity contribution is 0.302. The highest BCUT2D eigenvalue weighted by Gasteiger charge is 2.16. The third kappa shape index (κ3) is 3.73. The Labute approximate surface area is 102 Å². The monoisotopic (exact) mass is 237 g/mol. The van der Waals surface area contributed by atoms with Gasteiger partial charge in [-0.25, -0.2) is 0 Å². The van der Waals surface area contributed by atoms with Crippen LogP contribution in [0.5, 0.6) is 11.5 Å². The Bertz CT molecular complexity index is 383. The summed E-state index contributed by atoms with van der Waals surface area (Å²) in [6, 6.07) is 5.83. The van der Waals surface area contributed by atoms with Gasteiger partial charge in [0.15, 0.2) is 11.5 Å². The topological polar surface area (TPSA) is 47.9 Å². The molecule has 0 saturated heterocycles. The van der Waals surface area contributed by atoms with Crippen molar-refractivity contribution in [3.63, 3.8) is 0 Å². The average Bonchev–Trinajstić information content (AvgIpc) is 2.28. The van der Waals surface area contributed by atoms with E-state index >= 15 is 0 Å². The van der Waals surface area contributed by atoms with Crippen LogP contribution >= 0.6 is 0 Å². The maximum atomic E-state index is 9.97. The summed E-state index contributed by atoms with van der Waals surface area (Å²) in [5.74, 6) is 1.33. The molecule has 0 N–H and O–H groups in total. The molecule has 0 heterocycles. The van der Waals surface area contributed by atoms with Crippen molar-refractivity contribution < 1.29 is 9.47 Å². The number of hydrogen-bond donors (Lipinski definition) is 0. The molecule has 1 aromatic rings. The first kappa shape index (κ1) is 13.5. The highest BCUT2D eigenvalue weighted by Crippen LogP contribution is 2.32. The van der Waals surface area contributed by atoms with Crippen molar-refractivity contribution in [3.05, 3.63) is 28.7 Å². The molecule has 0 fully saturated rings. The number of methoxy groups -OCH3 is 1. The lowest BCUT2D eigenvalue weighted by Gasteiger charge is -2.20. The average molecular weight is 237 g/mol. The van der Waals surface area contributed by atoms with E-state index < -0.39 is 0 Å². The lowest BCUT2D eigenvalue weighted by Crippen LogP contribution is -2.11. The van der Waals surface area contributed by atoms with E-state index in [0.717, 1.165) is 0 Å². The van der Waals surface area contributed by atoms with Crippen molar-refractivity contribution >= 4 is 0 Å². The van der Waals surface area contributed by atoms with E-state index in [4.69, 9.17) is 9.47 Å². The van der Waals surface area contributed by atoms with Gasteiger partial charge >= 0.3 is 0 Å². The normalized spacial score (nSPS) is 11.1. The molecule has 0 radical (unpaired) electrons. The van der Waals surface area contributed by atoms with E-state index in [1.807, 2.05) is 18.2 Å². The van der Waals surface area contributed by atoms with Gasteiger partial charge in [-0.15, -0.1) is 0 Å². The van der Waals surface area contributed by atoms with Gasteiger partial charge in [-0.1, -0.05) is 32.0 Å². The fourth-order valence-electron chi connectivity index (χ4n) is 1.45. The van der Waals surface area contributed by atoms with Crippen LogP contribution < -0.4 is 9.47 Å². The molecular weight excluding hydrogens is 218 g/mol. The van der Waals surface area contributed by atoms with Crippen LogP contribution in [-0.4, -0.2) is 20.3 Å². The van der Waals surface area contributed by atoms with Gasteiger partial charge in [-0.3, -0.25) is 0 Å². The third-order valence-electron chi connectivity index (χ3n) is 2.47. The van der Waals surface area contributed by atoms with Gasteiger partial charge in [0.2, 0.25) is 0 Å². The summed E-state index contributed by atoms with van der Waals surface area (Å²) in [5.41, 5.74) is 1.24. The molecule has 0 saturated carbocycles. The number of nitrogens with zero attached hydrogens (tertiary/aromatic N) is 1. The highest BCUT2D eigenvalue weighted by molar-refractivity contribution is 5.44. The highest BCUT2D eigenvalue weighted by atomic mass is 16.5. The van der Waals surface area contributed by atoms with Crippen molar-refractivity contribution in [2.45, 2.75) is 26.2 Å². The molecule has 94 valence electrons. The molecule has 1 rings (SSSR count). The zero-order chi connectivity index (χ0) is 12.9. The van der Waals surface area contributed by atoms with Crippen LogP contribution in [0.3, 0.4) is 0 Å². The Morgan fingerprint density at radius 3 is 2.47 bits per heavy atom. The van der Waals surface area contributed by atoms with Gasteiger partial charge in [0.05, 0.1) is 7.11 Å². The van der Waals surface area contributed by atoms with Gasteiger partial charge < -0.3 is 9.47 Å². The standard InChI is InChI=1S/C13H19NO3/c1-13(2,3)10-5-6-11(12(9-10)16-4)17-8-7-14-15/h5-6,9H,7-8H2,1-4H3. The van der Waals surface area contributed by atoms with Crippen molar-refractivity contribution in [2.75, 3.05) is 20.3 Å². The Kier molecular flexibility index (Phi) is 4.49. The van der Waals surface area contributed by atoms with Crippen LogP contribution in [0.2, 0.25) is 0 Å². The van der Waals surface area contributed by atoms with Gasteiger partial charge in [-0.05, 0) is 23.1 Å². The second-order valence-electron chi connectivity index (χ2n) is 4.82. The molecule has 0 atom stereocenters. The zero-order valence-electron chi connectivity index (χ0n) is 10.8. The Hall–Kier alpha value is -1.58. The Morgan fingerprint density at radius 1 is 1.24 bits per heavy atom. The van der Waals surface area contributed by atoms with Crippen molar-refractivity contribution in [1.29, 1.82) is 0 Å². The summed E-state index contributed by atoms with van der Waals surface area (Å²) in [6.45, 7) is 6.83. The van der Waals surface area contributed by atoms with Gasteiger partial charge in [0.1, 0.15) is 13.2 Å². The molecule has 0 unspecified atom stereocenters. The molecule has 1 aromatic carbocycles. The fraction of sp³-hybridized carbons (Fsp3) is 0.538. The summed E-state index contributed by atoms with van der Waals surface area (Å²) in [4.78, 5) is 9.97. The number of rotatable bonds is 5. The van der Waals surface area contributed by atoms with E-state index in [-0.39, 0.29) is 18.6 Å². The maximum absolute atomic E-state index is 9.97. The predicted molar refractivity (Wildman–Crippen MR) is 67.9 cm³/mol. The number of ether oxygens (including phenoxy) is 2. The molecule has 4 nitrogen and oxygen atoms in total. The van der Waals surface area contributed by atoms with E-state index in [2.05, 4.69) is 25.9 Å². The second kappa shape index (κ2) is 5.66. The molecule has 17 heavy (non-hydrogen) atoms. The van der Waals surface area contributed by atoms with Crippen molar-refractivity contribution in [1.82, 2.24) is 0 Å². The molecule has 0 amide bonds. The molecule has 0 aromatic heterocycles. The molecule has 0 bridgehead atoms. The molecule has 0 spiro atoms. The van der Waals surface area contributed by atoms with E-state index in [9.17, 15) is 4.91 Å². The van der Waals surface area contributed by atoms with Crippen molar-refractivity contribution in [2.24, 2.45) is 5.18 Å². The first-order chi connectivity index (χ1) is 7.99. The molecular formula is C13H19NO3. The first-order valence-electron chi connectivity index (χ1n) is 5.59. The van der Waals surface area contributed by atoms with Crippen LogP contribution in [-0.2, 0) is 5.41 Å². The maximum Gasteiger partial charge on any atom is 0.161 e. The Morgan fingerprint density at radius 2 is 1.94 bits per heavy atom. The van der Waals surface area contributed by atoms with Crippen LogP contribution in [0, 0.1) is 4.91 Å². The fourth-order valence-corrected chi connectivity index (χ4v) is 1.45. The summed E-state index contributed by atoms with van der Waals surface area (Å²) in [7, 11) is 1.60. The SMILES string of the molecule is COc1cc(C(C)(C)C)ccc1OCCN=O. The predicted octanol–water partition coefficient (Wildman–Crippen LogP) is 3.14. The minimum absolute atomic E-state index is 0.0656. The van der Waals surface area contributed by atoms with E-state index in [1.54, 1.807) is 7.11 Å². The molecule has 0 aliphatic carbocycles. The van der Waals surface area contributed by atoms with Gasteiger partial charge in [0, 0.05) is 0 Å². The number of hydrogen-bond acceptors (Lipinski definition) is 4. The quantitative estimate of drug-likeness (QED) is 0.584. The molecule has 0 aliphatic heterocycles. The zero-order valence-corrected chi connectivity index (χ0v) is 10.8. The Balaban J connectivity index is 2.89. The van der Waals surface area contributed by atoms with Gasteiger partial charge in [-0.2, -0.15) is 4.91 Å². The van der Waals surface area contributed by atoms with Crippen LogP contribution in [0.4, 0.5) is 0 Å². The van der Waals surface area contributed by atoms with Crippen LogP contribution in [0.25, 0.3) is 0 Å². The number of nitroso groups, excluding NO2 is 1. The van der Waals surface area contributed by atoms with Crippen LogP contribution in [0.15, 0.2) is 23.4 Å². The molecule has 0 aliphatic rings. The second-order valence-corrected chi connectivity index (χ2v) is 4.82. The lowest BCUT2D eigenvalue weighted by atomic mass is 9.87. The van der Waals surface area contributed by atoms with Crippen molar-refractivity contribution in [3.8, 4) is 11.5 Å². The third-order valence-corrected chi connectivity index (χ3v) is 2.47. The summed E-state index contributed by atoms with van der Waals surface area (Å²) in [6.07, 6.45) is 0. The minimum atomic E-state index is 0.0656. The van der Waals surface area contributed by atoms with Crippen LogP contribution in [0.1, 0.15) is 26.3 Å².